The van der Waals surface area contributed by atoms with E-state index < -0.39 is 0 Å². The van der Waals surface area contributed by atoms with Gasteiger partial charge in [-0.3, -0.25) is 4.79 Å². The lowest BCUT2D eigenvalue weighted by Gasteiger charge is -2.18. The molecule has 0 bridgehead atoms. The first-order valence-electron chi connectivity index (χ1n) is 9.67. The van der Waals surface area contributed by atoms with Gasteiger partial charge >= 0.3 is 0 Å². The predicted molar refractivity (Wildman–Crippen MR) is 111 cm³/mol. The standard InChI is InChI=1S/C23H26N2O4/c1-25(15-16-28-20-12-7-6-11-19(20)27-2)23(26)14-8-13-22-24-17-21(29-22)18-9-4-3-5-10-18/h3-7,9-12,17H,8,13-16H2,1-2H3. The van der Waals surface area contributed by atoms with E-state index in [9.17, 15) is 4.79 Å². The van der Waals surface area contributed by atoms with Gasteiger partial charge in [0.1, 0.15) is 6.61 Å². The Morgan fingerprint density at radius 3 is 2.55 bits per heavy atom. The Kier molecular flexibility index (Phi) is 7.28. The molecule has 3 aromatic rings. The van der Waals surface area contributed by atoms with Crippen molar-refractivity contribution in [3.8, 4) is 22.8 Å². The second-order valence-electron chi connectivity index (χ2n) is 6.65. The van der Waals surface area contributed by atoms with Crippen molar-refractivity contribution < 1.29 is 18.7 Å². The molecule has 0 N–H and O–H groups in total. The molecule has 6 heteroatoms. The van der Waals surface area contributed by atoms with E-state index in [-0.39, 0.29) is 5.91 Å². The number of benzene rings is 2. The maximum absolute atomic E-state index is 12.3. The van der Waals surface area contributed by atoms with E-state index in [4.69, 9.17) is 13.9 Å². The summed E-state index contributed by atoms with van der Waals surface area (Å²) in [7, 11) is 3.39. The number of rotatable bonds is 10. The van der Waals surface area contributed by atoms with Gasteiger partial charge in [-0.15, -0.1) is 0 Å². The van der Waals surface area contributed by atoms with Gasteiger partial charge in [0, 0.05) is 25.5 Å². The SMILES string of the molecule is COc1ccccc1OCCN(C)C(=O)CCCc1ncc(-c2ccccc2)o1. The molecule has 0 radical (unpaired) electrons. The van der Waals surface area contributed by atoms with Gasteiger partial charge in [-0.2, -0.15) is 0 Å². The normalized spacial score (nSPS) is 10.6. The minimum Gasteiger partial charge on any atom is -0.493 e. The van der Waals surface area contributed by atoms with Crippen molar-refractivity contribution in [1.29, 1.82) is 0 Å². The Morgan fingerprint density at radius 1 is 1.07 bits per heavy atom. The summed E-state index contributed by atoms with van der Waals surface area (Å²) < 4.78 is 16.8. The molecule has 0 fully saturated rings. The maximum atomic E-state index is 12.3. The van der Waals surface area contributed by atoms with E-state index >= 15 is 0 Å². The fourth-order valence-electron chi connectivity index (χ4n) is 2.90. The second kappa shape index (κ2) is 10.3. The van der Waals surface area contributed by atoms with Crippen LogP contribution in [-0.4, -0.2) is 43.1 Å². The van der Waals surface area contributed by atoms with Gasteiger partial charge < -0.3 is 18.8 Å². The van der Waals surface area contributed by atoms with E-state index in [0.29, 0.717) is 49.8 Å². The molecule has 0 saturated heterocycles. The molecule has 0 unspecified atom stereocenters. The molecular formula is C23H26N2O4. The quantitative estimate of drug-likeness (QED) is 0.515. The Labute approximate surface area is 171 Å². The number of para-hydroxylation sites is 2. The zero-order valence-corrected chi connectivity index (χ0v) is 16.8. The van der Waals surface area contributed by atoms with Gasteiger partial charge in [-0.1, -0.05) is 42.5 Å². The lowest BCUT2D eigenvalue weighted by molar-refractivity contribution is -0.130. The number of oxazole rings is 1. The van der Waals surface area contributed by atoms with Gasteiger partial charge in [0.2, 0.25) is 5.91 Å². The Bertz CT molecular complexity index is 908. The Morgan fingerprint density at radius 2 is 1.79 bits per heavy atom. The first-order chi connectivity index (χ1) is 14.2. The predicted octanol–water partition coefficient (Wildman–Crippen LogP) is 4.21. The highest BCUT2D eigenvalue weighted by atomic mass is 16.5. The molecule has 0 aliphatic rings. The number of carbonyl (C=O) groups excluding carboxylic acids is 1. The van der Waals surface area contributed by atoms with E-state index in [0.717, 1.165) is 11.3 Å². The highest BCUT2D eigenvalue weighted by Gasteiger charge is 2.11. The smallest absolute Gasteiger partial charge is 0.222 e. The molecule has 1 aromatic heterocycles. The topological polar surface area (TPSA) is 64.8 Å². The third-order valence-corrected chi connectivity index (χ3v) is 4.57. The van der Waals surface area contributed by atoms with Gasteiger partial charge in [0.25, 0.3) is 0 Å². The average molecular weight is 394 g/mol. The summed E-state index contributed by atoms with van der Waals surface area (Å²) in [6, 6.07) is 17.3. The number of aryl methyl sites for hydroxylation is 1. The van der Waals surface area contributed by atoms with E-state index in [1.807, 2.05) is 54.6 Å². The summed E-state index contributed by atoms with van der Waals surface area (Å²) in [6.07, 6.45) is 3.48. The fraction of sp³-hybridized carbons (Fsp3) is 0.304. The number of amides is 1. The molecule has 0 saturated carbocycles. The lowest BCUT2D eigenvalue weighted by atomic mass is 10.2. The van der Waals surface area contributed by atoms with Crippen LogP contribution in [0.15, 0.2) is 65.2 Å². The molecular weight excluding hydrogens is 368 g/mol. The number of hydrogen-bond acceptors (Lipinski definition) is 5. The van der Waals surface area contributed by atoms with Crippen LogP contribution < -0.4 is 9.47 Å². The zero-order valence-electron chi connectivity index (χ0n) is 16.8. The molecule has 3 rings (SSSR count). The Hall–Kier alpha value is -3.28. The highest BCUT2D eigenvalue weighted by Crippen LogP contribution is 2.25. The van der Waals surface area contributed by atoms with Crippen LogP contribution in [0.1, 0.15) is 18.7 Å². The third kappa shape index (κ3) is 5.85. The number of nitrogens with zero attached hydrogens (tertiary/aromatic N) is 2. The number of methoxy groups -OCH3 is 1. The molecule has 0 spiro atoms. The molecule has 1 amide bonds. The van der Waals surface area contributed by atoms with Gasteiger partial charge in [-0.25, -0.2) is 4.98 Å². The summed E-state index contributed by atoms with van der Waals surface area (Å²) in [6.45, 7) is 0.914. The van der Waals surface area contributed by atoms with Gasteiger partial charge in [0.15, 0.2) is 23.1 Å². The summed E-state index contributed by atoms with van der Waals surface area (Å²) in [4.78, 5) is 18.3. The third-order valence-electron chi connectivity index (χ3n) is 4.57. The Balaban J connectivity index is 1.38. The van der Waals surface area contributed by atoms with Crippen LogP contribution in [0.2, 0.25) is 0 Å². The van der Waals surface area contributed by atoms with Crippen LogP contribution in [0.25, 0.3) is 11.3 Å². The van der Waals surface area contributed by atoms with Crippen LogP contribution in [0.4, 0.5) is 0 Å². The van der Waals surface area contributed by atoms with Crippen LogP contribution >= 0.6 is 0 Å². The van der Waals surface area contributed by atoms with Crippen LogP contribution in [-0.2, 0) is 11.2 Å². The van der Waals surface area contributed by atoms with E-state index in [1.165, 1.54) is 0 Å². The summed E-state index contributed by atoms with van der Waals surface area (Å²) in [5.74, 6) is 2.83. The fourth-order valence-corrected chi connectivity index (χ4v) is 2.90. The number of likely N-dealkylation sites (N-methyl/N-ethyl adjacent to an activating group) is 1. The first kappa shape index (κ1) is 20.5. The number of ether oxygens (including phenoxy) is 2. The van der Waals surface area contributed by atoms with Crippen LogP contribution in [0.3, 0.4) is 0 Å². The molecule has 152 valence electrons. The van der Waals surface area contributed by atoms with Crippen molar-refractivity contribution >= 4 is 5.91 Å². The zero-order chi connectivity index (χ0) is 20.5. The number of hydrogen-bond donors (Lipinski definition) is 0. The molecule has 2 aromatic carbocycles. The van der Waals surface area contributed by atoms with Crippen LogP contribution in [0, 0.1) is 0 Å². The molecule has 29 heavy (non-hydrogen) atoms. The molecule has 6 nitrogen and oxygen atoms in total. The van der Waals surface area contributed by atoms with Gasteiger partial charge in [-0.05, 0) is 18.6 Å². The van der Waals surface area contributed by atoms with E-state index in [2.05, 4.69) is 4.98 Å². The largest absolute Gasteiger partial charge is 0.493 e. The van der Waals surface area contributed by atoms with Crippen molar-refractivity contribution in [2.45, 2.75) is 19.3 Å². The molecule has 0 aliphatic carbocycles. The second-order valence-corrected chi connectivity index (χ2v) is 6.65. The van der Waals surface area contributed by atoms with Crippen molar-refractivity contribution in [2.24, 2.45) is 0 Å². The summed E-state index contributed by atoms with van der Waals surface area (Å²) in [5.41, 5.74) is 0.997. The first-order valence-corrected chi connectivity index (χ1v) is 9.67. The highest BCUT2D eigenvalue weighted by molar-refractivity contribution is 5.75. The molecule has 0 aliphatic heterocycles. The van der Waals surface area contributed by atoms with Crippen molar-refractivity contribution in [1.82, 2.24) is 9.88 Å². The summed E-state index contributed by atoms with van der Waals surface area (Å²) >= 11 is 0. The van der Waals surface area contributed by atoms with Crippen LogP contribution in [0.5, 0.6) is 11.5 Å². The van der Waals surface area contributed by atoms with Gasteiger partial charge in [0.05, 0.1) is 19.9 Å². The minimum atomic E-state index is 0.0727. The average Bonchev–Trinajstić information content (AvgIpc) is 3.23. The monoisotopic (exact) mass is 394 g/mol. The lowest BCUT2D eigenvalue weighted by Crippen LogP contribution is -2.30. The minimum absolute atomic E-state index is 0.0727. The van der Waals surface area contributed by atoms with E-state index in [1.54, 1.807) is 25.3 Å². The molecule has 1 heterocycles. The van der Waals surface area contributed by atoms with Crippen molar-refractivity contribution in [3.63, 3.8) is 0 Å². The van der Waals surface area contributed by atoms with Crippen molar-refractivity contribution in [2.75, 3.05) is 27.3 Å². The molecule has 0 atom stereocenters. The number of aromatic nitrogens is 1. The number of carbonyl (C=O) groups is 1. The maximum Gasteiger partial charge on any atom is 0.222 e. The summed E-state index contributed by atoms with van der Waals surface area (Å²) in [5, 5.41) is 0. The van der Waals surface area contributed by atoms with Crippen molar-refractivity contribution in [3.05, 3.63) is 66.7 Å².